The average Bonchev–Trinajstić information content (AvgIpc) is 2.82. The molecule has 1 aromatic carbocycles. The Bertz CT molecular complexity index is 466. The van der Waals surface area contributed by atoms with Gasteiger partial charge in [0.2, 0.25) is 12.2 Å². The Morgan fingerprint density at radius 1 is 1.24 bits per heavy atom. The van der Waals surface area contributed by atoms with Crippen LogP contribution in [0.2, 0.25) is 0 Å². The molecule has 0 aliphatic rings. The molecule has 0 unspecified atom stereocenters. The zero-order valence-electron chi connectivity index (χ0n) is 9.36. The Morgan fingerprint density at radius 3 is 2.47 bits per heavy atom. The minimum Gasteiger partial charge on any atom is -0.342 e. The van der Waals surface area contributed by atoms with E-state index in [0.29, 0.717) is 17.8 Å². The third kappa shape index (κ3) is 2.49. The monoisotopic (exact) mass is 238 g/mol. The molecule has 1 heterocycles. The summed E-state index contributed by atoms with van der Waals surface area (Å²) in [6.07, 6.45) is 1.50. The molecule has 0 aliphatic heterocycles. The van der Waals surface area contributed by atoms with E-state index in [4.69, 9.17) is 0 Å². The molecular weight excluding hydrogens is 226 g/mol. The number of hydrogen-bond donors (Lipinski definition) is 0. The quantitative estimate of drug-likeness (QED) is 0.816. The summed E-state index contributed by atoms with van der Waals surface area (Å²) in [6, 6.07) is 5.95. The van der Waals surface area contributed by atoms with E-state index in [1.165, 1.54) is 18.5 Å². The normalized spacial score (nSPS) is 11.7. The maximum Gasteiger partial charge on any atom is 0.273 e. The molecule has 2 rings (SSSR count). The minimum absolute atomic E-state index is 0.0200. The van der Waals surface area contributed by atoms with Gasteiger partial charge in [-0.25, -0.2) is 8.78 Å². The summed E-state index contributed by atoms with van der Waals surface area (Å²) in [6.45, 7) is 1.74. The first-order valence-electron chi connectivity index (χ1n) is 5.38. The lowest BCUT2D eigenvalue weighted by Crippen LogP contribution is -2.12. The van der Waals surface area contributed by atoms with Gasteiger partial charge < -0.3 is 4.52 Å². The highest BCUT2D eigenvalue weighted by molar-refractivity contribution is 5.54. The molecule has 0 atom stereocenters. The van der Waals surface area contributed by atoms with E-state index in [-0.39, 0.29) is 12.0 Å². The topological polar surface area (TPSA) is 38.9 Å². The zero-order valence-corrected chi connectivity index (χ0v) is 9.36. The van der Waals surface area contributed by atoms with Gasteiger partial charge >= 0.3 is 0 Å². The van der Waals surface area contributed by atoms with Crippen molar-refractivity contribution in [1.29, 1.82) is 0 Å². The number of hydrogen-bond acceptors (Lipinski definition) is 3. The van der Waals surface area contributed by atoms with E-state index in [0.717, 1.165) is 0 Å². The molecular formula is C12H12F2N2O. The van der Waals surface area contributed by atoms with Crippen LogP contribution in [0.25, 0.3) is 11.4 Å². The first-order valence-corrected chi connectivity index (χ1v) is 5.38. The summed E-state index contributed by atoms with van der Waals surface area (Å²) in [5.41, 5.74) is 0.682. The number of benzene rings is 1. The van der Waals surface area contributed by atoms with E-state index in [2.05, 4.69) is 14.7 Å². The van der Waals surface area contributed by atoms with Crippen molar-refractivity contribution in [1.82, 2.24) is 10.1 Å². The van der Waals surface area contributed by atoms with Crippen LogP contribution in [0.3, 0.4) is 0 Å². The van der Waals surface area contributed by atoms with Crippen molar-refractivity contribution >= 4 is 0 Å². The molecule has 0 aliphatic carbocycles. The molecule has 3 nitrogen and oxygen atoms in total. The van der Waals surface area contributed by atoms with E-state index >= 15 is 0 Å². The van der Waals surface area contributed by atoms with Gasteiger partial charge in [-0.2, -0.15) is 4.98 Å². The van der Waals surface area contributed by atoms with Gasteiger partial charge in [0, 0.05) is 17.5 Å². The smallest absolute Gasteiger partial charge is 0.273 e. The zero-order chi connectivity index (χ0) is 12.3. The molecule has 0 spiro atoms. The van der Waals surface area contributed by atoms with Crippen molar-refractivity contribution < 1.29 is 13.3 Å². The van der Waals surface area contributed by atoms with Crippen LogP contribution in [0.1, 0.15) is 25.3 Å². The molecule has 0 N–H and O–H groups in total. The largest absolute Gasteiger partial charge is 0.342 e. The van der Waals surface area contributed by atoms with E-state index < -0.39 is 5.92 Å². The van der Waals surface area contributed by atoms with E-state index in [1.807, 2.05) is 0 Å². The summed E-state index contributed by atoms with van der Waals surface area (Å²) in [5.74, 6) is -2.37. The molecule has 0 saturated heterocycles. The predicted octanol–water partition coefficient (Wildman–Crippen LogP) is 3.63. The summed E-state index contributed by atoms with van der Waals surface area (Å²) < 4.78 is 31.8. The van der Waals surface area contributed by atoms with Gasteiger partial charge in [0.15, 0.2) is 0 Å². The van der Waals surface area contributed by atoms with Gasteiger partial charge in [0.25, 0.3) is 5.92 Å². The Kier molecular flexibility index (Phi) is 3.17. The summed E-state index contributed by atoms with van der Waals surface area (Å²) in [5, 5.41) is 3.64. The highest BCUT2D eigenvalue weighted by Crippen LogP contribution is 2.33. The summed E-state index contributed by atoms with van der Waals surface area (Å²) in [7, 11) is 0. The molecule has 0 fully saturated rings. The van der Waals surface area contributed by atoms with Crippen LogP contribution in [-0.4, -0.2) is 10.1 Å². The van der Waals surface area contributed by atoms with Crippen LogP contribution in [0.15, 0.2) is 35.2 Å². The molecule has 1 aromatic heterocycles. The van der Waals surface area contributed by atoms with Crippen molar-refractivity contribution in [3.63, 3.8) is 0 Å². The van der Waals surface area contributed by atoms with Gasteiger partial charge in [-0.15, -0.1) is 0 Å². The van der Waals surface area contributed by atoms with Crippen LogP contribution < -0.4 is 0 Å². The van der Waals surface area contributed by atoms with Crippen molar-refractivity contribution in [2.24, 2.45) is 0 Å². The van der Waals surface area contributed by atoms with Crippen molar-refractivity contribution in [3.05, 3.63) is 36.2 Å². The number of halogens is 2. The highest BCUT2D eigenvalue weighted by Gasteiger charge is 2.29. The molecule has 5 heteroatoms. The van der Waals surface area contributed by atoms with E-state index in [1.54, 1.807) is 19.1 Å². The van der Waals surface area contributed by atoms with Gasteiger partial charge in [-0.3, -0.25) is 0 Å². The Balaban J connectivity index is 2.24. The standard InChI is InChI=1S/C12H12F2N2O/c1-2-7-12(13,14)10-5-3-9(4-6-10)11-15-8-17-16-11/h3-6,8H,2,7H2,1H3. The Labute approximate surface area is 97.5 Å². The SMILES string of the molecule is CCCC(F)(F)c1ccc(-c2ncon2)cc1. The first kappa shape index (κ1) is 11.7. The molecule has 0 radical (unpaired) electrons. The first-order chi connectivity index (χ1) is 8.13. The second-order valence-electron chi connectivity index (χ2n) is 3.79. The van der Waals surface area contributed by atoms with Gasteiger partial charge in [0.1, 0.15) is 0 Å². The number of aromatic nitrogens is 2. The molecule has 0 saturated carbocycles. The molecule has 2 aromatic rings. The van der Waals surface area contributed by atoms with Gasteiger partial charge in [0.05, 0.1) is 0 Å². The van der Waals surface area contributed by atoms with Crippen molar-refractivity contribution in [2.45, 2.75) is 25.7 Å². The number of alkyl halides is 2. The summed E-state index contributed by atoms with van der Waals surface area (Å²) >= 11 is 0. The minimum atomic E-state index is -2.77. The predicted molar refractivity (Wildman–Crippen MR) is 58.5 cm³/mol. The Hall–Kier alpha value is -1.78. The fourth-order valence-electron chi connectivity index (χ4n) is 1.62. The average molecular weight is 238 g/mol. The Morgan fingerprint density at radius 2 is 1.94 bits per heavy atom. The second-order valence-corrected chi connectivity index (χ2v) is 3.79. The van der Waals surface area contributed by atoms with E-state index in [9.17, 15) is 8.78 Å². The lowest BCUT2D eigenvalue weighted by atomic mass is 10.0. The van der Waals surface area contributed by atoms with Crippen LogP contribution >= 0.6 is 0 Å². The fourth-order valence-corrected chi connectivity index (χ4v) is 1.62. The van der Waals surface area contributed by atoms with Gasteiger partial charge in [-0.05, 0) is 0 Å². The van der Waals surface area contributed by atoms with Crippen LogP contribution in [0, 0.1) is 0 Å². The van der Waals surface area contributed by atoms with Crippen molar-refractivity contribution in [3.8, 4) is 11.4 Å². The third-order valence-corrected chi connectivity index (χ3v) is 2.49. The highest BCUT2D eigenvalue weighted by atomic mass is 19.3. The fraction of sp³-hybridized carbons (Fsp3) is 0.333. The van der Waals surface area contributed by atoms with Crippen LogP contribution in [0.4, 0.5) is 8.78 Å². The molecule has 0 amide bonds. The molecule has 0 bridgehead atoms. The maximum atomic E-state index is 13.6. The molecule has 90 valence electrons. The van der Waals surface area contributed by atoms with Gasteiger partial charge in [-0.1, -0.05) is 42.8 Å². The maximum absolute atomic E-state index is 13.6. The summed E-state index contributed by atoms with van der Waals surface area (Å²) in [4.78, 5) is 3.85. The van der Waals surface area contributed by atoms with Crippen LogP contribution in [-0.2, 0) is 5.92 Å². The second kappa shape index (κ2) is 4.61. The van der Waals surface area contributed by atoms with Crippen molar-refractivity contribution in [2.75, 3.05) is 0 Å². The molecule has 17 heavy (non-hydrogen) atoms. The third-order valence-electron chi connectivity index (χ3n) is 2.49. The number of rotatable bonds is 4. The van der Waals surface area contributed by atoms with Crippen LogP contribution in [0.5, 0.6) is 0 Å². The lowest BCUT2D eigenvalue weighted by Gasteiger charge is -2.15. The lowest BCUT2D eigenvalue weighted by molar-refractivity contribution is -0.0140. The number of nitrogens with zero attached hydrogens (tertiary/aromatic N) is 2.